The molecule has 0 aromatic heterocycles. The number of amides is 1. The first-order valence-electron chi connectivity index (χ1n) is 33.8. The number of ether oxygens (including phenoxy) is 1. The van der Waals surface area contributed by atoms with Crippen molar-refractivity contribution in [2.24, 2.45) is 0 Å². The Kier molecular flexibility index (Phi) is 62.4. The van der Waals surface area contributed by atoms with Crippen LogP contribution in [-0.4, -0.2) is 47.4 Å². The molecule has 73 heavy (non-hydrogen) atoms. The van der Waals surface area contributed by atoms with E-state index in [4.69, 9.17) is 4.74 Å². The normalized spacial score (nSPS) is 12.4. The second kappa shape index (κ2) is 63.4. The van der Waals surface area contributed by atoms with Crippen LogP contribution in [0.4, 0.5) is 0 Å². The second-order valence-electron chi connectivity index (χ2n) is 23.5. The fourth-order valence-corrected chi connectivity index (χ4v) is 11.0. The van der Waals surface area contributed by atoms with Crippen LogP contribution in [-0.2, 0) is 14.3 Å². The highest BCUT2D eigenvalue weighted by Crippen LogP contribution is 2.19. The van der Waals surface area contributed by atoms with Crippen molar-refractivity contribution in [1.82, 2.24) is 5.32 Å². The number of aliphatic hydroxyl groups excluding tert-OH is 2. The molecule has 0 aliphatic carbocycles. The van der Waals surface area contributed by atoms with Gasteiger partial charge in [0, 0.05) is 12.8 Å². The zero-order valence-electron chi connectivity index (χ0n) is 49.9. The van der Waals surface area contributed by atoms with E-state index in [1.54, 1.807) is 0 Å². The van der Waals surface area contributed by atoms with Gasteiger partial charge in [-0.05, 0) is 25.7 Å². The molecule has 0 aliphatic rings. The Labute approximate surface area is 457 Å². The van der Waals surface area contributed by atoms with E-state index in [9.17, 15) is 19.8 Å². The number of hydrogen-bond acceptors (Lipinski definition) is 5. The van der Waals surface area contributed by atoms with E-state index >= 15 is 0 Å². The molecule has 0 saturated carbocycles. The molecule has 2 unspecified atom stereocenters. The van der Waals surface area contributed by atoms with E-state index in [0.717, 1.165) is 38.5 Å². The highest BCUT2D eigenvalue weighted by molar-refractivity contribution is 5.76. The summed E-state index contributed by atoms with van der Waals surface area (Å²) in [6.45, 7) is 5.00. The highest BCUT2D eigenvalue weighted by Gasteiger charge is 2.20. The Morgan fingerprint density at radius 2 is 0.562 bits per heavy atom. The summed E-state index contributed by atoms with van der Waals surface area (Å²) in [5.74, 6) is -0.00858. The van der Waals surface area contributed by atoms with E-state index in [1.165, 1.54) is 321 Å². The van der Waals surface area contributed by atoms with Crippen LogP contribution >= 0.6 is 0 Å². The van der Waals surface area contributed by atoms with Crippen molar-refractivity contribution in [3.05, 3.63) is 0 Å². The van der Waals surface area contributed by atoms with Crippen molar-refractivity contribution in [3.8, 4) is 0 Å². The number of esters is 1. The molecule has 6 nitrogen and oxygen atoms in total. The molecule has 1 amide bonds. The summed E-state index contributed by atoms with van der Waals surface area (Å²) in [6.07, 6.45) is 75.6. The Hall–Kier alpha value is -1.14. The zero-order chi connectivity index (χ0) is 52.9. The fourth-order valence-electron chi connectivity index (χ4n) is 11.0. The number of carbonyl (C=O) groups excluding carboxylic acids is 2. The monoisotopic (exact) mass is 1030 g/mol. The predicted octanol–water partition coefficient (Wildman–Crippen LogP) is 21.4. The lowest BCUT2D eigenvalue weighted by Crippen LogP contribution is -2.45. The number of hydrogen-bond donors (Lipinski definition) is 3. The van der Waals surface area contributed by atoms with Gasteiger partial charge in [-0.25, -0.2) is 0 Å². The van der Waals surface area contributed by atoms with E-state index in [1.807, 2.05) is 0 Å². The molecule has 0 fully saturated rings. The highest BCUT2D eigenvalue weighted by atomic mass is 16.5. The van der Waals surface area contributed by atoms with Crippen LogP contribution < -0.4 is 5.32 Å². The number of nitrogens with one attached hydrogen (secondary N) is 1. The fraction of sp³-hybridized carbons (Fsp3) is 0.970. The number of unbranched alkanes of at least 4 members (excludes halogenated alkanes) is 53. The summed E-state index contributed by atoms with van der Waals surface area (Å²) < 4.78 is 5.50. The molecule has 0 heterocycles. The molecule has 0 aliphatic heterocycles. The third-order valence-corrected chi connectivity index (χ3v) is 16.2. The quantitative estimate of drug-likeness (QED) is 0.0417. The van der Waals surface area contributed by atoms with Gasteiger partial charge in [-0.3, -0.25) is 9.59 Å². The Balaban J connectivity index is 3.33. The molecule has 0 aromatic rings. The Morgan fingerprint density at radius 3 is 0.836 bits per heavy atom. The minimum atomic E-state index is -0.662. The van der Waals surface area contributed by atoms with Gasteiger partial charge < -0.3 is 20.3 Å². The van der Waals surface area contributed by atoms with Gasteiger partial charge in [0.05, 0.1) is 25.4 Å². The third-order valence-electron chi connectivity index (χ3n) is 16.2. The van der Waals surface area contributed by atoms with E-state index in [2.05, 4.69) is 19.2 Å². The van der Waals surface area contributed by atoms with Gasteiger partial charge in [0.1, 0.15) is 0 Å². The molecule has 0 bridgehead atoms. The number of rotatable bonds is 64. The first-order chi connectivity index (χ1) is 36.0. The van der Waals surface area contributed by atoms with Crippen LogP contribution in [0.2, 0.25) is 0 Å². The maximum Gasteiger partial charge on any atom is 0.305 e. The topological polar surface area (TPSA) is 95.9 Å². The van der Waals surface area contributed by atoms with Gasteiger partial charge in [0.15, 0.2) is 0 Å². The summed E-state index contributed by atoms with van der Waals surface area (Å²) in [6, 6.07) is -0.539. The molecule has 6 heteroatoms. The minimum Gasteiger partial charge on any atom is -0.466 e. The standard InChI is InChI=1S/C67H133NO5/c1-3-5-7-9-11-13-15-17-19-33-37-41-45-49-53-57-61-67(72)73-62-58-54-50-46-42-38-34-30-28-26-24-22-20-21-23-25-27-29-32-36-40-44-48-52-56-60-66(71)68-64(63-69)65(70)59-55-51-47-43-39-35-31-18-16-14-12-10-8-6-4-2/h64-65,69-70H,3-63H2,1-2H3,(H,68,71). The van der Waals surface area contributed by atoms with E-state index < -0.39 is 12.1 Å². The summed E-state index contributed by atoms with van der Waals surface area (Å²) in [7, 11) is 0. The lowest BCUT2D eigenvalue weighted by molar-refractivity contribution is -0.143. The van der Waals surface area contributed by atoms with Crippen molar-refractivity contribution >= 4 is 11.9 Å². The van der Waals surface area contributed by atoms with Crippen LogP contribution in [0.1, 0.15) is 393 Å². The lowest BCUT2D eigenvalue weighted by Gasteiger charge is -2.22. The van der Waals surface area contributed by atoms with Crippen LogP contribution in [0, 0.1) is 0 Å². The molecule has 0 spiro atoms. The Bertz CT molecular complexity index is 1050. The van der Waals surface area contributed by atoms with Crippen LogP contribution in [0.25, 0.3) is 0 Å². The van der Waals surface area contributed by atoms with Gasteiger partial charge >= 0.3 is 5.97 Å². The average Bonchev–Trinajstić information content (AvgIpc) is 3.39. The second-order valence-corrected chi connectivity index (χ2v) is 23.5. The first kappa shape index (κ1) is 71.9. The third kappa shape index (κ3) is 60.0. The van der Waals surface area contributed by atoms with E-state index in [-0.39, 0.29) is 18.5 Å². The molecule has 3 N–H and O–H groups in total. The van der Waals surface area contributed by atoms with Gasteiger partial charge in [0.25, 0.3) is 0 Å². The maximum absolute atomic E-state index is 12.5. The van der Waals surface area contributed by atoms with Crippen LogP contribution in [0.5, 0.6) is 0 Å². The molecule has 0 rings (SSSR count). The van der Waals surface area contributed by atoms with Crippen LogP contribution in [0.3, 0.4) is 0 Å². The summed E-state index contributed by atoms with van der Waals surface area (Å²) >= 11 is 0. The molecule has 0 saturated heterocycles. The van der Waals surface area contributed by atoms with Gasteiger partial charge in [0.2, 0.25) is 5.91 Å². The lowest BCUT2D eigenvalue weighted by atomic mass is 10.0. The van der Waals surface area contributed by atoms with Crippen molar-refractivity contribution in [1.29, 1.82) is 0 Å². The largest absolute Gasteiger partial charge is 0.466 e. The SMILES string of the molecule is CCCCCCCCCCCCCCCCCCC(=O)OCCCCCCCCCCCCCCCCCCCCCCCCCCCC(=O)NC(CO)C(O)CCCCCCCCCCCCCCCCC. The summed E-state index contributed by atoms with van der Waals surface area (Å²) in [5.41, 5.74) is 0. The van der Waals surface area contributed by atoms with Crippen LogP contribution in [0.15, 0.2) is 0 Å². The summed E-state index contributed by atoms with van der Waals surface area (Å²) in [4.78, 5) is 24.6. The molecular formula is C67H133NO5. The maximum atomic E-state index is 12.5. The van der Waals surface area contributed by atoms with Crippen molar-refractivity contribution in [2.75, 3.05) is 13.2 Å². The number of aliphatic hydroxyl groups is 2. The van der Waals surface area contributed by atoms with Gasteiger partial charge in [-0.15, -0.1) is 0 Å². The molecule has 436 valence electrons. The van der Waals surface area contributed by atoms with Gasteiger partial charge in [-0.1, -0.05) is 354 Å². The molecule has 0 aromatic carbocycles. The minimum absolute atomic E-state index is 0.0211. The van der Waals surface area contributed by atoms with Gasteiger partial charge in [-0.2, -0.15) is 0 Å². The van der Waals surface area contributed by atoms with Crippen molar-refractivity contribution in [2.45, 2.75) is 405 Å². The predicted molar refractivity (Wildman–Crippen MR) is 320 cm³/mol. The zero-order valence-corrected chi connectivity index (χ0v) is 49.9. The van der Waals surface area contributed by atoms with E-state index in [0.29, 0.717) is 25.9 Å². The number of carbonyl (C=O) groups is 2. The average molecular weight is 1030 g/mol. The van der Waals surface area contributed by atoms with Crippen molar-refractivity contribution in [3.63, 3.8) is 0 Å². The summed E-state index contributed by atoms with van der Waals surface area (Å²) in [5, 5.41) is 23.3. The smallest absolute Gasteiger partial charge is 0.305 e. The molecule has 2 atom stereocenters. The Morgan fingerprint density at radius 1 is 0.329 bits per heavy atom. The first-order valence-corrected chi connectivity index (χ1v) is 33.8. The van der Waals surface area contributed by atoms with Crippen molar-refractivity contribution < 1.29 is 24.5 Å². The molecular weight excluding hydrogens is 899 g/mol. The molecule has 0 radical (unpaired) electrons.